The van der Waals surface area contributed by atoms with Gasteiger partial charge in [0, 0.05) is 15.4 Å². The third-order valence-corrected chi connectivity index (χ3v) is 4.21. The highest BCUT2D eigenvalue weighted by Gasteiger charge is 2.15. The molecule has 0 aromatic heterocycles. The maximum Gasteiger partial charge on any atom is 0.160 e. The van der Waals surface area contributed by atoms with E-state index in [1.807, 2.05) is 18.2 Å². The van der Waals surface area contributed by atoms with Crippen LogP contribution in [-0.2, 0) is 6.42 Å². The van der Waals surface area contributed by atoms with Gasteiger partial charge in [0.1, 0.15) is 5.82 Å². The van der Waals surface area contributed by atoms with Crippen LogP contribution in [0.1, 0.15) is 16.0 Å². The molecule has 0 spiro atoms. The zero-order valence-corrected chi connectivity index (χ0v) is 14.0. The number of benzene rings is 2. The van der Waals surface area contributed by atoms with E-state index in [1.165, 1.54) is 6.07 Å². The molecule has 0 bridgehead atoms. The van der Waals surface area contributed by atoms with Crippen molar-refractivity contribution < 1.29 is 13.9 Å². The van der Waals surface area contributed by atoms with Gasteiger partial charge in [0.05, 0.1) is 14.2 Å². The second kappa shape index (κ2) is 7.14. The molecular formula is C16H15BrClFO2. The van der Waals surface area contributed by atoms with Crippen LogP contribution in [0.2, 0.25) is 5.02 Å². The van der Waals surface area contributed by atoms with Crippen LogP contribution in [0.3, 0.4) is 0 Å². The van der Waals surface area contributed by atoms with E-state index in [-0.39, 0.29) is 10.6 Å². The molecule has 0 heterocycles. The average molecular weight is 374 g/mol. The van der Waals surface area contributed by atoms with Crippen LogP contribution in [0.25, 0.3) is 0 Å². The average Bonchev–Trinajstić information content (AvgIpc) is 2.46. The molecule has 112 valence electrons. The fourth-order valence-electron chi connectivity index (χ4n) is 2.08. The smallest absolute Gasteiger partial charge is 0.160 e. The lowest BCUT2D eigenvalue weighted by atomic mass is 10.0. The maximum atomic E-state index is 13.9. The minimum atomic E-state index is -0.315. The molecular weight excluding hydrogens is 359 g/mol. The summed E-state index contributed by atoms with van der Waals surface area (Å²) in [6.07, 6.45) is 0.624. The summed E-state index contributed by atoms with van der Waals surface area (Å²) in [6.45, 7) is 0. The Bertz CT molecular complexity index is 634. The molecule has 2 aromatic carbocycles. The third-order valence-electron chi connectivity index (χ3n) is 3.16. The first-order chi connectivity index (χ1) is 10.0. The van der Waals surface area contributed by atoms with Crippen molar-refractivity contribution in [2.24, 2.45) is 0 Å². The molecule has 1 atom stereocenters. The highest BCUT2D eigenvalue weighted by Crippen LogP contribution is 2.33. The SMILES string of the molecule is COc1ccc(CC(Br)c2ccc(Cl)cc2F)cc1OC. The topological polar surface area (TPSA) is 18.5 Å². The molecule has 0 aliphatic rings. The van der Waals surface area contributed by atoms with Gasteiger partial charge in [-0.15, -0.1) is 0 Å². The molecule has 2 nitrogen and oxygen atoms in total. The van der Waals surface area contributed by atoms with Gasteiger partial charge in [-0.1, -0.05) is 39.7 Å². The van der Waals surface area contributed by atoms with Gasteiger partial charge in [0.25, 0.3) is 0 Å². The van der Waals surface area contributed by atoms with Crippen LogP contribution in [0.5, 0.6) is 11.5 Å². The zero-order valence-electron chi connectivity index (χ0n) is 11.7. The molecule has 0 saturated carbocycles. The Morgan fingerprint density at radius 1 is 1.10 bits per heavy atom. The zero-order chi connectivity index (χ0) is 15.4. The van der Waals surface area contributed by atoms with Crippen LogP contribution in [0, 0.1) is 5.82 Å². The Balaban J connectivity index is 2.21. The van der Waals surface area contributed by atoms with Crippen molar-refractivity contribution in [1.29, 1.82) is 0 Å². The molecule has 0 aliphatic heterocycles. The van der Waals surface area contributed by atoms with Gasteiger partial charge in [-0.2, -0.15) is 0 Å². The largest absolute Gasteiger partial charge is 0.493 e. The molecule has 0 aliphatic carbocycles. The highest BCUT2D eigenvalue weighted by atomic mass is 79.9. The lowest BCUT2D eigenvalue weighted by Crippen LogP contribution is -2.00. The Morgan fingerprint density at radius 2 is 1.81 bits per heavy atom. The number of halogens is 3. The highest BCUT2D eigenvalue weighted by molar-refractivity contribution is 9.09. The first kappa shape index (κ1) is 16.1. The standard InChI is InChI=1S/C16H15BrClFO2/c1-20-15-6-3-10(8-16(15)21-2)7-13(17)12-5-4-11(18)9-14(12)19/h3-6,8-9,13H,7H2,1-2H3. The summed E-state index contributed by atoms with van der Waals surface area (Å²) < 4.78 is 24.4. The van der Waals surface area contributed by atoms with Gasteiger partial charge < -0.3 is 9.47 Å². The van der Waals surface area contributed by atoms with Crippen molar-refractivity contribution >= 4 is 27.5 Å². The monoisotopic (exact) mass is 372 g/mol. The normalized spacial score (nSPS) is 12.0. The van der Waals surface area contributed by atoms with Crippen molar-refractivity contribution in [3.63, 3.8) is 0 Å². The number of methoxy groups -OCH3 is 2. The summed E-state index contributed by atoms with van der Waals surface area (Å²) in [6, 6.07) is 10.4. The Morgan fingerprint density at radius 3 is 2.43 bits per heavy atom. The Kier molecular flexibility index (Phi) is 5.48. The maximum absolute atomic E-state index is 13.9. The summed E-state index contributed by atoms with van der Waals surface area (Å²) in [4.78, 5) is -0.145. The van der Waals surface area contributed by atoms with E-state index in [0.29, 0.717) is 28.5 Å². The Labute approximate surface area is 137 Å². The summed E-state index contributed by atoms with van der Waals surface area (Å²) in [7, 11) is 3.18. The van der Waals surface area contributed by atoms with Crippen LogP contribution in [0.15, 0.2) is 36.4 Å². The first-order valence-corrected chi connectivity index (χ1v) is 7.64. The van der Waals surface area contributed by atoms with E-state index in [1.54, 1.807) is 26.4 Å². The minimum absolute atomic E-state index is 0.145. The van der Waals surface area contributed by atoms with Crippen molar-refractivity contribution in [3.8, 4) is 11.5 Å². The molecule has 0 fully saturated rings. The van der Waals surface area contributed by atoms with Gasteiger partial charge >= 0.3 is 0 Å². The third kappa shape index (κ3) is 3.89. The van der Waals surface area contributed by atoms with Gasteiger partial charge in [-0.3, -0.25) is 0 Å². The number of hydrogen-bond acceptors (Lipinski definition) is 2. The predicted molar refractivity (Wildman–Crippen MR) is 86.3 cm³/mol. The number of rotatable bonds is 5. The van der Waals surface area contributed by atoms with Crippen molar-refractivity contribution in [2.45, 2.75) is 11.2 Å². The van der Waals surface area contributed by atoms with E-state index in [9.17, 15) is 4.39 Å². The van der Waals surface area contributed by atoms with E-state index in [4.69, 9.17) is 21.1 Å². The second-order valence-electron chi connectivity index (χ2n) is 4.53. The molecule has 2 aromatic rings. The summed E-state index contributed by atoms with van der Waals surface area (Å²) in [5.74, 6) is 1.01. The van der Waals surface area contributed by atoms with E-state index < -0.39 is 0 Å². The van der Waals surface area contributed by atoms with Crippen LogP contribution in [0.4, 0.5) is 4.39 Å². The second-order valence-corrected chi connectivity index (χ2v) is 6.07. The fraction of sp³-hybridized carbons (Fsp3) is 0.250. The number of alkyl halides is 1. The van der Waals surface area contributed by atoms with Crippen molar-refractivity contribution in [3.05, 3.63) is 58.4 Å². The Hall–Kier alpha value is -1.26. The molecule has 0 N–H and O–H groups in total. The lowest BCUT2D eigenvalue weighted by molar-refractivity contribution is 0.354. The summed E-state index contributed by atoms with van der Waals surface area (Å²) in [5, 5.41) is 0.391. The molecule has 5 heteroatoms. The van der Waals surface area contributed by atoms with E-state index in [2.05, 4.69) is 15.9 Å². The fourth-order valence-corrected chi connectivity index (χ4v) is 2.98. The van der Waals surface area contributed by atoms with Crippen LogP contribution >= 0.6 is 27.5 Å². The van der Waals surface area contributed by atoms with Crippen LogP contribution in [-0.4, -0.2) is 14.2 Å². The van der Waals surface area contributed by atoms with E-state index in [0.717, 1.165) is 5.56 Å². The van der Waals surface area contributed by atoms with Gasteiger partial charge in [-0.05, 0) is 36.2 Å². The van der Waals surface area contributed by atoms with E-state index >= 15 is 0 Å². The lowest BCUT2D eigenvalue weighted by Gasteiger charge is -2.14. The molecule has 1 unspecified atom stereocenters. The predicted octanol–water partition coefficient (Wildman–Crippen LogP) is 5.18. The summed E-state index contributed by atoms with van der Waals surface area (Å²) >= 11 is 9.29. The molecule has 2 rings (SSSR count). The van der Waals surface area contributed by atoms with Gasteiger partial charge in [-0.25, -0.2) is 4.39 Å². The van der Waals surface area contributed by atoms with Gasteiger partial charge in [0.2, 0.25) is 0 Å². The van der Waals surface area contributed by atoms with Crippen LogP contribution < -0.4 is 9.47 Å². The summed E-state index contributed by atoms with van der Waals surface area (Å²) in [5.41, 5.74) is 1.60. The quantitative estimate of drug-likeness (QED) is 0.673. The first-order valence-electron chi connectivity index (χ1n) is 6.35. The van der Waals surface area contributed by atoms with Gasteiger partial charge in [0.15, 0.2) is 11.5 Å². The molecule has 21 heavy (non-hydrogen) atoms. The minimum Gasteiger partial charge on any atom is -0.493 e. The molecule has 0 amide bonds. The number of ether oxygens (including phenoxy) is 2. The van der Waals surface area contributed by atoms with Crippen molar-refractivity contribution in [2.75, 3.05) is 14.2 Å². The van der Waals surface area contributed by atoms with Crippen molar-refractivity contribution in [1.82, 2.24) is 0 Å². The molecule has 0 saturated heterocycles. The molecule has 0 radical (unpaired) electrons. The number of hydrogen-bond donors (Lipinski definition) is 0.